The monoisotopic (exact) mass is 1090 g/mol. The largest absolute Gasteiger partial charge is 0.489 e. The molecule has 4 aliphatic rings. The van der Waals surface area contributed by atoms with Crippen LogP contribution >= 0.6 is 0 Å². The highest BCUT2D eigenvalue weighted by atomic mass is 16.5. The number of nitrogens with zero attached hydrogens (tertiary/aromatic N) is 2. The molecule has 17 nitrogen and oxygen atoms in total. The maximum atomic E-state index is 14.8. The first-order valence-corrected chi connectivity index (χ1v) is 28.5. The van der Waals surface area contributed by atoms with Crippen LogP contribution in [0.3, 0.4) is 0 Å². The summed E-state index contributed by atoms with van der Waals surface area (Å²) in [5.74, 6) is -1.74. The summed E-state index contributed by atoms with van der Waals surface area (Å²) in [5.41, 5.74) is 6.10. The lowest BCUT2D eigenvalue weighted by molar-refractivity contribution is -0.147. The molecule has 17 heteroatoms. The van der Waals surface area contributed by atoms with Gasteiger partial charge in [0.15, 0.2) is 0 Å². The number of ether oxygens (including phenoxy) is 1. The SMILES string of the molecule is CN[C@@H](C)C(=O)NC(C(=O)N1Cc2ccc(OCc3ccc(C(=O)NC4C[C@@H](C(=O)N[C@@H]5CCCc6ccccc65)N(C(=O)[C@@H](NC(=O)[C@H](C)NC)C(C)(C)C)C4)cc3)cc2C[C@@H]1C(=O)N[C@@H]1CCCc2ccccc21)C(C)(C)C. The molecule has 4 aromatic rings. The van der Waals surface area contributed by atoms with Crippen LogP contribution in [0.4, 0.5) is 0 Å². The number of amides is 7. The number of carbonyl (C=O) groups excluding carboxylic acids is 7. The smallest absolute Gasteiger partial charge is 0.251 e. The van der Waals surface area contributed by atoms with Crippen LogP contribution in [0.1, 0.15) is 149 Å². The van der Waals surface area contributed by atoms with Crippen molar-refractivity contribution < 1.29 is 38.3 Å². The lowest BCUT2D eigenvalue weighted by Gasteiger charge is -2.41. The number of rotatable bonds is 17. The molecular formula is C63H83N9O8. The molecule has 2 heterocycles. The lowest BCUT2D eigenvalue weighted by Crippen LogP contribution is -2.62. The quantitative estimate of drug-likeness (QED) is 0.0666. The van der Waals surface area contributed by atoms with Crippen LogP contribution < -0.4 is 42.0 Å². The van der Waals surface area contributed by atoms with Gasteiger partial charge < -0.3 is 51.8 Å². The zero-order chi connectivity index (χ0) is 57.6. The van der Waals surface area contributed by atoms with E-state index in [1.165, 1.54) is 16.0 Å². The number of likely N-dealkylation sites (N-methyl/N-ethyl adjacent to an activating group) is 2. The van der Waals surface area contributed by atoms with Crippen LogP contribution in [-0.4, -0.2) is 114 Å². The van der Waals surface area contributed by atoms with Gasteiger partial charge in [-0.3, -0.25) is 33.6 Å². The van der Waals surface area contributed by atoms with E-state index in [2.05, 4.69) is 55.4 Å². The molecule has 1 saturated heterocycles. The maximum Gasteiger partial charge on any atom is 0.251 e. The van der Waals surface area contributed by atoms with Gasteiger partial charge >= 0.3 is 0 Å². The van der Waals surface area contributed by atoms with Crippen molar-refractivity contribution in [1.82, 2.24) is 47.0 Å². The Balaban J connectivity index is 0.955. The fourth-order valence-electron chi connectivity index (χ4n) is 11.5. The third-order valence-electron chi connectivity index (χ3n) is 16.6. The summed E-state index contributed by atoms with van der Waals surface area (Å²) >= 11 is 0. The summed E-state index contributed by atoms with van der Waals surface area (Å²) in [7, 11) is 3.36. The predicted molar refractivity (Wildman–Crippen MR) is 307 cm³/mol. The molecule has 2 unspecified atom stereocenters. The van der Waals surface area contributed by atoms with Crippen molar-refractivity contribution in [3.63, 3.8) is 0 Å². The number of hydrogen-bond donors (Lipinski definition) is 7. The van der Waals surface area contributed by atoms with Crippen molar-refractivity contribution in [2.75, 3.05) is 20.6 Å². The molecule has 1 fully saturated rings. The molecule has 4 aromatic carbocycles. The zero-order valence-corrected chi connectivity index (χ0v) is 48.3. The lowest BCUT2D eigenvalue weighted by atomic mass is 9.83. The van der Waals surface area contributed by atoms with Crippen LogP contribution in [0, 0.1) is 10.8 Å². The number of nitrogens with one attached hydrogen (secondary N) is 7. The van der Waals surface area contributed by atoms with Gasteiger partial charge in [-0.2, -0.15) is 0 Å². The molecule has 0 aromatic heterocycles. The molecule has 428 valence electrons. The van der Waals surface area contributed by atoms with Gasteiger partial charge in [-0.05, 0) is 147 Å². The highest BCUT2D eigenvalue weighted by Gasteiger charge is 2.47. The van der Waals surface area contributed by atoms with E-state index in [0.717, 1.165) is 66.3 Å². The van der Waals surface area contributed by atoms with E-state index in [9.17, 15) is 33.6 Å². The van der Waals surface area contributed by atoms with Crippen LogP contribution in [0.5, 0.6) is 5.75 Å². The van der Waals surface area contributed by atoms with Crippen LogP contribution in [0.2, 0.25) is 0 Å². The van der Waals surface area contributed by atoms with E-state index in [1.807, 2.05) is 102 Å². The molecule has 2 aliphatic carbocycles. The molecule has 80 heavy (non-hydrogen) atoms. The zero-order valence-electron chi connectivity index (χ0n) is 48.3. The molecule has 0 spiro atoms. The van der Waals surface area contributed by atoms with Crippen LogP contribution in [0.25, 0.3) is 0 Å². The van der Waals surface area contributed by atoms with Gasteiger partial charge in [0.05, 0.1) is 24.2 Å². The van der Waals surface area contributed by atoms with Crippen LogP contribution in [-0.2, 0) is 61.2 Å². The summed E-state index contributed by atoms with van der Waals surface area (Å²) in [6.07, 6.45) is 5.67. The average Bonchev–Trinajstić information content (AvgIpc) is 3.89. The molecule has 7 N–H and O–H groups in total. The minimum atomic E-state index is -0.947. The summed E-state index contributed by atoms with van der Waals surface area (Å²) in [4.78, 5) is 102. The van der Waals surface area contributed by atoms with Crippen molar-refractivity contribution in [2.45, 2.75) is 174 Å². The topological polar surface area (TPSA) is 219 Å². The highest BCUT2D eigenvalue weighted by Crippen LogP contribution is 2.35. The minimum absolute atomic E-state index is 0.0708. The highest BCUT2D eigenvalue weighted by molar-refractivity contribution is 5.97. The molecule has 0 saturated carbocycles. The fourth-order valence-corrected chi connectivity index (χ4v) is 11.5. The maximum absolute atomic E-state index is 14.8. The van der Waals surface area contributed by atoms with E-state index in [0.29, 0.717) is 11.3 Å². The van der Waals surface area contributed by atoms with E-state index in [1.54, 1.807) is 45.0 Å². The van der Waals surface area contributed by atoms with Gasteiger partial charge in [-0.25, -0.2) is 0 Å². The number of hydrogen-bond acceptors (Lipinski definition) is 10. The molecule has 7 amide bonds. The van der Waals surface area contributed by atoms with Crippen molar-refractivity contribution >= 4 is 41.4 Å². The van der Waals surface area contributed by atoms with Gasteiger partial charge in [0.25, 0.3) is 5.91 Å². The molecular weight excluding hydrogens is 1010 g/mol. The summed E-state index contributed by atoms with van der Waals surface area (Å²) in [6.45, 7) is 15.2. The first-order valence-electron chi connectivity index (χ1n) is 28.5. The fraction of sp³-hybridized carbons (Fsp3) is 0.508. The number of aryl methyl sites for hydroxylation is 2. The standard InChI is InChI=1S/C63H83N9O8/c1-37(64-9)55(73)69-53(62(3,4)5)60(78)71-34-43-29-30-46(31-44(43)32-51(71)58(76)67-49-23-15-19-40-17-11-13-21-47(40)49)80-36-39-25-27-42(28-26-39)57(75)66-45-33-52(59(77)68-50-24-16-20-41-18-12-14-22-48(41)50)72(35-45)61(79)54(63(6,7)8)70-56(74)38(2)65-10/h11-14,17-18,21-22,25-31,37-38,45,49-54,64-65H,15-16,19-20,23-24,32-36H2,1-10H3,(H,66,75)(H,67,76)(H,68,77)(H,69,73)(H,70,74)/t37-,38-,45?,49+,50+,51+,52-,53?,54+/m0/s1. The second kappa shape index (κ2) is 25.1. The molecule has 8 rings (SSSR count). The Morgan fingerprint density at radius 3 is 1.64 bits per heavy atom. The van der Waals surface area contributed by atoms with Gasteiger partial charge in [0.2, 0.25) is 35.4 Å². The predicted octanol–water partition coefficient (Wildman–Crippen LogP) is 5.88. The average molecular weight is 1090 g/mol. The minimum Gasteiger partial charge on any atom is -0.489 e. The normalized spacial score (nSPS) is 21.2. The van der Waals surface area contributed by atoms with E-state index in [4.69, 9.17) is 4.74 Å². The Kier molecular flexibility index (Phi) is 18.5. The van der Waals surface area contributed by atoms with Crippen molar-refractivity contribution in [3.8, 4) is 5.75 Å². The number of likely N-dealkylation sites (tertiary alicyclic amines) is 1. The third kappa shape index (κ3) is 13.7. The van der Waals surface area contributed by atoms with Gasteiger partial charge in [-0.1, -0.05) is 108 Å². The Morgan fingerprint density at radius 2 is 1.11 bits per heavy atom. The Hall–Kier alpha value is -7.11. The summed E-state index contributed by atoms with van der Waals surface area (Å²) in [6, 6.07) is 23.3. The first-order chi connectivity index (χ1) is 38.0. The van der Waals surface area contributed by atoms with E-state index < -0.39 is 59.0 Å². The van der Waals surface area contributed by atoms with Gasteiger partial charge in [-0.15, -0.1) is 0 Å². The van der Waals surface area contributed by atoms with Gasteiger partial charge in [0, 0.05) is 31.1 Å². The van der Waals surface area contributed by atoms with E-state index >= 15 is 0 Å². The summed E-state index contributed by atoms with van der Waals surface area (Å²) in [5, 5.41) is 21.5. The summed E-state index contributed by atoms with van der Waals surface area (Å²) < 4.78 is 6.34. The molecule has 0 radical (unpaired) electrons. The van der Waals surface area contributed by atoms with Crippen molar-refractivity contribution in [3.05, 3.63) is 136 Å². The number of carbonyl (C=O) groups is 7. The van der Waals surface area contributed by atoms with Gasteiger partial charge in [0.1, 0.15) is 36.5 Å². The molecule has 0 bridgehead atoms. The van der Waals surface area contributed by atoms with E-state index in [-0.39, 0.29) is 80.1 Å². The first kappa shape index (κ1) is 59.0. The Morgan fingerprint density at radius 1 is 0.600 bits per heavy atom. The van der Waals surface area contributed by atoms with Crippen molar-refractivity contribution in [2.24, 2.45) is 10.8 Å². The Bertz CT molecular complexity index is 2930. The molecule has 9 atom stereocenters. The second-order valence-electron chi connectivity index (χ2n) is 24.5. The number of fused-ring (bicyclic) bond motifs is 3. The molecule has 2 aliphatic heterocycles. The van der Waals surface area contributed by atoms with Crippen molar-refractivity contribution in [1.29, 1.82) is 0 Å². The second-order valence-corrected chi connectivity index (χ2v) is 24.5. The van der Waals surface area contributed by atoms with Crippen LogP contribution in [0.15, 0.2) is 91.0 Å². The number of benzene rings is 4. The Labute approximate surface area is 471 Å². The third-order valence-corrected chi connectivity index (χ3v) is 16.6.